The standard InChI is InChI=1S/C15H23NO5S/c1-12-9-14(3-4-15(12)21-8-7-19-2)22(17,18)16-10-13-5-6-20-11-13/h3-4,9,13,16H,5-8,10-11H2,1-2H3/t13-/m1/s1. The Hall–Kier alpha value is -1.15. The zero-order valence-electron chi connectivity index (χ0n) is 13.0. The third-order valence-electron chi connectivity index (χ3n) is 3.59. The summed E-state index contributed by atoms with van der Waals surface area (Å²) in [5, 5.41) is 0. The number of hydrogen-bond acceptors (Lipinski definition) is 5. The van der Waals surface area contributed by atoms with Crippen LogP contribution in [0.5, 0.6) is 5.75 Å². The number of rotatable bonds is 8. The molecule has 1 saturated heterocycles. The van der Waals surface area contributed by atoms with Crippen LogP contribution in [-0.2, 0) is 19.5 Å². The molecule has 124 valence electrons. The topological polar surface area (TPSA) is 73.9 Å². The first-order valence-corrected chi connectivity index (χ1v) is 8.81. The number of benzene rings is 1. The molecule has 1 heterocycles. The lowest BCUT2D eigenvalue weighted by atomic mass is 10.1. The average molecular weight is 329 g/mol. The molecule has 1 aromatic rings. The highest BCUT2D eigenvalue weighted by atomic mass is 32.2. The Bertz CT molecular complexity index is 582. The second-order valence-corrected chi connectivity index (χ2v) is 7.12. The van der Waals surface area contributed by atoms with Gasteiger partial charge in [0.2, 0.25) is 10.0 Å². The number of hydrogen-bond donors (Lipinski definition) is 1. The second-order valence-electron chi connectivity index (χ2n) is 5.35. The van der Waals surface area contributed by atoms with Gasteiger partial charge in [-0.3, -0.25) is 0 Å². The molecule has 1 aliphatic heterocycles. The molecule has 0 radical (unpaired) electrons. The van der Waals surface area contributed by atoms with Gasteiger partial charge >= 0.3 is 0 Å². The van der Waals surface area contributed by atoms with Crippen LogP contribution in [0, 0.1) is 12.8 Å². The van der Waals surface area contributed by atoms with E-state index in [4.69, 9.17) is 14.2 Å². The van der Waals surface area contributed by atoms with Gasteiger partial charge < -0.3 is 14.2 Å². The lowest BCUT2D eigenvalue weighted by Crippen LogP contribution is -2.29. The minimum absolute atomic E-state index is 0.253. The Balaban J connectivity index is 1.99. The summed E-state index contributed by atoms with van der Waals surface area (Å²) in [6.07, 6.45) is 0.897. The summed E-state index contributed by atoms with van der Waals surface area (Å²) in [5.41, 5.74) is 0.781. The maximum absolute atomic E-state index is 12.3. The second kappa shape index (κ2) is 7.92. The predicted octanol–water partition coefficient (Wildman–Crippen LogP) is 1.34. The Labute approximate surface area is 131 Å². The molecular formula is C15H23NO5S. The van der Waals surface area contributed by atoms with Crippen molar-refractivity contribution in [3.63, 3.8) is 0 Å². The van der Waals surface area contributed by atoms with Gasteiger partial charge in [0.1, 0.15) is 12.4 Å². The van der Waals surface area contributed by atoms with E-state index >= 15 is 0 Å². The molecular weight excluding hydrogens is 306 g/mol. The van der Waals surface area contributed by atoms with Crippen molar-refractivity contribution in [2.45, 2.75) is 18.2 Å². The molecule has 1 atom stereocenters. The van der Waals surface area contributed by atoms with Gasteiger partial charge in [0.05, 0.1) is 18.1 Å². The van der Waals surface area contributed by atoms with Crippen LogP contribution in [0.25, 0.3) is 0 Å². The molecule has 22 heavy (non-hydrogen) atoms. The third-order valence-corrected chi connectivity index (χ3v) is 5.01. The van der Waals surface area contributed by atoms with Crippen LogP contribution in [0.3, 0.4) is 0 Å². The Morgan fingerprint density at radius 2 is 2.18 bits per heavy atom. The molecule has 1 aromatic carbocycles. The molecule has 1 N–H and O–H groups in total. The van der Waals surface area contributed by atoms with Crippen LogP contribution in [0.1, 0.15) is 12.0 Å². The lowest BCUT2D eigenvalue weighted by Gasteiger charge is -2.13. The van der Waals surface area contributed by atoms with E-state index in [-0.39, 0.29) is 10.8 Å². The van der Waals surface area contributed by atoms with Crippen molar-refractivity contribution >= 4 is 10.0 Å². The van der Waals surface area contributed by atoms with E-state index in [0.717, 1.165) is 12.0 Å². The SMILES string of the molecule is COCCOc1ccc(S(=O)(=O)NC[C@H]2CCOC2)cc1C. The monoisotopic (exact) mass is 329 g/mol. The lowest BCUT2D eigenvalue weighted by molar-refractivity contribution is 0.146. The summed E-state index contributed by atoms with van der Waals surface area (Å²) in [6.45, 7) is 4.49. The van der Waals surface area contributed by atoms with Crippen LogP contribution in [0.4, 0.5) is 0 Å². The fourth-order valence-electron chi connectivity index (χ4n) is 2.24. The largest absolute Gasteiger partial charge is 0.491 e. The first-order valence-electron chi connectivity index (χ1n) is 7.32. The van der Waals surface area contributed by atoms with Crippen LogP contribution in [0.15, 0.2) is 23.1 Å². The average Bonchev–Trinajstić information content (AvgIpc) is 3.00. The highest BCUT2D eigenvalue weighted by Crippen LogP contribution is 2.22. The van der Waals surface area contributed by atoms with E-state index in [1.54, 1.807) is 25.3 Å². The van der Waals surface area contributed by atoms with Crippen LogP contribution >= 0.6 is 0 Å². The number of nitrogens with one attached hydrogen (secondary N) is 1. The van der Waals surface area contributed by atoms with Crippen molar-refractivity contribution in [2.75, 3.05) is 40.1 Å². The van der Waals surface area contributed by atoms with E-state index in [9.17, 15) is 8.42 Å². The van der Waals surface area contributed by atoms with Gasteiger partial charge in [-0.15, -0.1) is 0 Å². The van der Waals surface area contributed by atoms with Gasteiger partial charge in [-0.25, -0.2) is 13.1 Å². The minimum Gasteiger partial charge on any atom is -0.491 e. The van der Waals surface area contributed by atoms with Crippen molar-refractivity contribution < 1.29 is 22.6 Å². The van der Waals surface area contributed by atoms with E-state index in [1.165, 1.54) is 0 Å². The molecule has 6 nitrogen and oxygen atoms in total. The van der Waals surface area contributed by atoms with E-state index < -0.39 is 10.0 Å². The van der Waals surface area contributed by atoms with Gasteiger partial charge in [-0.05, 0) is 43.0 Å². The maximum atomic E-state index is 12.3. The van der Waals surface area contributed by atoms with Gasteiger partial charge in [0.25, 0.3) is 0 Å². The first kappa shape index (κ1) is 17.2. The number of sulfonamides is 1. The maximum Gasteiger partial charge on any atom is 0.240 e. The summed E-state index contributed by atoms with van der Waals surface area (Å²) in [4.78, 5) is 0.253. The molecule has 1 aliphatic rings. The molecule has 0 saturated carbocycles. The summed E-state index contributed by atoms with van der Waals surface area (Å²) >= 11 is 0. The fourth-order valence-corrected chi connectivity index (χ4v) is 3.44. The summed E-state index contributed by atoms with van der Waals surface area (Å²) in [6, 6.07) is 4.86. The highest BCUT2D eigenvalue weighted by Gasteiger charge is 2.20. The van der Waals surface area contributed by atoms with Crippen molar-refractivity contribution in [2.24, 2.45) is 5.92 Å². The van der Waals surface area contributed by atoms with Crippen LogP contribution in [-0.4, -0.2) is 48.5 Å². The Kier molecular flexibility index (Phi) is 6.19. The van der Waals surface area contributed by atoms with E-state index in [1.807, 2.05) is 6.92 Å². The third kappa shape index (κ3) is 4.67. The van der Waals surface area contributed by atoms with Crippen LogP contribution in [0.2, 0.25) is 0 Å². The summed E-state index contributed by atoms with van der Waals surface area (Å²) in [5.74, 6) is 0.924. The number of ether oxygens (including phenoxy) is 3. The van der Waals surface area contributed by atoms with Crippen molar-refractivity contribution in [3.05, 3.63) is 23.8 Å². The van der Waals surface area contributed by atoms with E-state index in [2.05, 4.69) is 4.72 Å². The molecule has 1 fully saturated rings. The van der Waals surface area contributed by atoms with Gasteiger partial charge in [0.15, 0.2) is 0 Å². The first-order chi connectivity index (χ1) is 10.5. The van der Waals surface area contributed by atoms with Gasteiger partial charge in [-0.2, -0.15) is 0 Å². The molecule has 7 heteroatoms. The quantitative estimate of drug-likeness (QED) is 0.729. The van der Waals surface area contributed by atoms with E-state index in [0.29, 0.717) is 38.7 Å². The van der Waals surface area contributed by atoms with Crippen molar-refractivity contribution in [3.8, 4) is 5.75 Å². The van der Waals surface area contributed by atoms with Gasteiger partial charge in [-0.1, -0.05) is 0 Å². The Morgan fingerprint density at radius 3 is 2.82 bits per heavy atom. The molecule has 0 bridgehead atoms. The molecule has 0 aliphatic carbocycles. The van der Waals surface area contributed by atoms with Crippen LogP contribution < -0.4 is 9.46 Å². The predicted molar refractivity (Wildman–Crippen MR) is 82.7 cm³/mol. The zero-order valence-corrected chi connectivity index (χ0v) is 13.8. The number of aryl methyl sites for hydroxylation is 1. The molecule has 0 spiro atoms. The minimum atomic E-state index is -3.50. The van der Waals surface area contributed by atoms with Crippen molar-refractivity contribution in [1.82, 2.24) is 4.72 Å². The Morgan fingerprint density at radius 1 is 1.36 bits per heavy atom. The molecule has 2 rings (SSSR count). The smallest absolute Gasteiger partial charge is 0.240 e. The molecule has 0 aromatic heterocycles. The summed E-state index contributed by atoms with van der Waals surface area (Å²) in [7, 11) is -1.89. The summed E-state index contributed by atoms with van der Waals surface area (Å²) < 4.78 is 42.9. The molecule has 0 unspecified atom stereocenters. The van der Waals surface area contributed by atoms with Gasteiger partial charge in [0, 0.05) is 20.3 Å². The zero-order chi connectivity index (χ0) is 16.0. The number of methoxy groups -OCH3 is 1. The fraction of sp³-hybridized carbons (Fsp3) is 0.600. The molecule has 0 amide bonds. The highest BCUT2D eigenvalue weighted by molar-refractivity contribution is 7.89. The van der Waals surface area contributed by atoms with Crippen molar-refractivity contribution in [1.29, 1.82) is 0 Å². The normalized spacial score (nSPS) is 18.5.